The lowest BCUT2D eigenvalue weighted by molar-refractivity contribution is -0.118. The number of halogens is 1. The number of amides is 1. The Labute approximate surface area is 132 Å². The lowest BCUT2D eigenvalue weighted by Gasteiger charge is -2.18. The van der Waals surface area contributed by atoms with Crippen LogP contribution in [-0.2, 0) is 4.79 Å². The summed E-state index contributed by atoms with van der Waals surface area (Å²) in [6.07, 6.45) is 1.69. The van der Waals surface area contributed by atoms with E-state index in [2.05, 4.69) is 20.8 Å². The second-order valence-electron chi connectivity index (χ2n) is 5.21. The van der Waals surface area contributed by atoms with E-state index in [9.17, 15) is 9.18 Å². The van der Waals surface area contributed by atoms with Crippen molar-refractivity contribution in [3.63, 3.8) is 0 Å². The number of benzene rings is 2. The molecule has 0 saturated heterocycles. The third kappa shape index (κ3) is 3.37. The fourth-order valence-electron chi connectivity index (χ4n) is 2.49. The molecule has 0 spiro atoms. The number of H-pyrrole nitrogens is 1. The highest BCUT2D eigenvalue weighted by Gasteiger charge is 2.20. The van der Waals surface area contributed by atoms with E-state index in [0.717, 1.165) is 10.9 Å². The first kappa shape index (κ1) is 15.2. The van der Waals surface area contributed by atoms with Crippen LogP contribution in [0.5, 0.6) is 0 Å². The summed E-state index contributed by atoms with van der Waals surface area (Å²) in [4.78, 5) is 12.6. The van der Waals surface area contributed by atoms with Crippen LogP contribution in [-0.4, -0.2) is 22.6 Å². The first-order valence-corrected chi connectivity index (χ1v) is 7.40. The van der Waals surface area contributed by atoms with Gasteiger partial charge < -0.3 is 10.6 Å². The van der Waals surface area contributed by atoms with E-state index in [0.29, 0.717) is 17.8 Å². The number of hydrogen-bond donors (Lipinski definition) is 3. The van der Waals surface area contributed by atoms with Gasteiger partial charge in [0.25, 0.3) is 0 Å². The monoisotopic (exact) mass is 312 g/mol. The molecule has 0 bridgehead atoms. The molecule has 1 heterocycles. The van der Waals surface area contributed by atoms with Gasteiger partial charge in [0.2, 0.25) is 5.91 Å². The first-order valence-electron chi connectivity index (χ1n) is 7.40. The van der Waals surface area contributed by atoms with Crippen molar-refractivity contribution in [1.29, 1.82) is 0 Å². The number of nitrogens with zero attached hydrogens (tertiary/aromatic N) is 1. The highest BCUT2D eigenvalue weighted by Crippen LogP contribution is 2.20. The minimum atomic E-state index is -0.615. The number of anilines is 1. The lowest BCUT2D eigenvalue weighted by atomic mass is 10.1. The van der Waals surface area contributed by atoms with Crippen LogP contribution in [0.1, 0.15) is 18.5 Å². The molecular formula is C17H17FN4O. The van der Waals surface area contributed by atoms with Crippen LogP contribution in [0.3, 0.4) is 0 Å². The molecule has 1 unspecified atom stereocenters. The summed E-state index contributed by atoms with van der Waals surface area (Å²) in [5.74, 6) is -0.599. The van der Waals surface area contributed by atoms with Crippen LogP contribution in [0.4, 0.5) is 10.1 Å². The van der Waals surface area contributed by atoms with Crippen LogP contribution in [0.15, 0.2) is 48.7 Å². The molecule has 23 heavy (non-hydrogen) atoms. The zero-order chi connectivity index (χ0) is 16.2. The van der Waals surface area contributed by atoms with Gasteiger partial charge in [0, 0.05) is 11.1 Å². The van der Waals surface area contributed by atoms with Gasteiger partial charge >= 0.3 is 0 Å². The maximum Gasteiger partial charge on any atom is 0.246 e. The molecule has 5 nitrogen and oxygen atoms in total. The van der Waals surface area contributed by atoms with Gasteiger partial charge in [-0.25, -0.2) is 4.39 Å². The average Bonchev–Trinajstić information content (AvgIpc) is 3.00. The van der Waals surface area contributed by atoms with Crippen LogP contribution in [0.25, 0.3) is 10.9 Å². The van der Waals surface area contributed by atoms with E-state index in [1.165, 1.54) is 12.1 Å². The van der Waals surface area contributed by atoms with E-state index < -0.39 is 6.04 Å². The molecule has 118 valence electrons. The normalized spacial score (nSPS) is 12.3. The molecule has 0 saturated carbocycles. The van der Waals surface area contributed by atoms with Crippen LogP contribution in [0.2, 0.25) is 0 Å². The van der Waals surface area contributed by atoms with Gasteiger partial charge in [-0.1, -0.05) is 19.1 Å². The fourth-order valence-corrected chi connectivity index (χ4v) is 2.49. The second-order valence-corrected chi connectivity index (χ2v) is 5.21. The standard InChI is InChI=1S/C17H17FN4O/c1-2-19-16(11-4-3-5-13(18)8-11)17(23)21-14-6-7-15-12(9-14)10-20-22-15/h3-10,16,19H,2H2,1H3,(H,20,22)(H,21,23). The zero-order valence-electron chi connectivity index (χ0n) is 12.6. The topological polar surface area (TPSA) is 69.8 Å². The van der Waals surface area contributed by atoms with Gasteiger partial charge in [-0.3, -0.25) is 9.89 Å². The lowest BCUT2D eigenvalue weighted by Crippen LogP contribution is -2.33. The Hall–Kier alpha value is -2.73. The largest absolute Gasteiger partial charge is 0.324 e. The molecule has 0 radical (unpaired) electrons. The number of aromatic nitrogens is 2. The van der Waals surface area contributed by atoms with Crippen molar-refractivity contribution in [1.82, 2.24) is 15.5 Å². The van der Waals surface area contributed by atoms with Gasteiger partial charge in [0.05, 0.1) is 11.7 Å². The molecule has 0 fully saturated rings. The first-order chi connectivity index (χ1) is 11.2. The van der Waals surface area contributed by atoms with E-state index in [4.69, 9.17) is 0 Å². The van der Waals surface area contributed by atoms with Gasteiger partial charge in [0.15, 0.2) is 0 Å². The highest BCUT2D eigenvalue weighted by molar-refractivity contribution is 5.97. The number of hydrogen-bond acceptors (Lipinski definition) is 3. The molecule has 3 N–H and O–H groups in total. The number of carbonyl (C=O) groups is 1. The fraction of sp³-hybridized carbons (Fsp3) is 0.176. The van der Waals surface area contributed by atoms with Gasteiger partial charge in [-0.05, 0) is 42.4 Å². The van der Waals surface area contributed by atoms with Crippen molar-refractivity contribution in [2.45, 2.75) is 13.0 Å². The van der Waals surface area contributed by atoms with E-state index in [-0.39, 0.29) is 11.7 Å². The number of aromatic amines is 1. The summed E-state index contributed by atoms with van der Waals surface area (Å²) in [5.41, 5.74) is 2.16. The van der Waals surface area contributed by atoms with Gasteiger partial charge in [-0.15, -0.1) is 0 Å². The third-order valence-corrected chi connectivity index (χ3v) is 3.56. The molecule has 1 amide bonds. The van der Waals surface area contributed by atoms with Gasteiger partial charge in [0.1, 0.15) is 11.9 Å². The summed E-state index contributed by atoms with van der Waals surface area (Å²) in [5, 5.41) is 13.7. The predicted molar refractivity (Wildman–Crippen MR) is 87.5 cm³/mol. The Balaban J connectivity index is 1.83. The van der Waals surface area contributed by atoms with Crippen molar-refractivity contribution in [2.24, 2.45) is 0 Å². The molecule has 2 aromatic carbocycles. The Morgan fingerprint density at radius 3 is 2.96 bits per heavy atom. The maximum atomic E-state index is 13.4. The molecule has 0 aliphatic rings. The zero-order valence-corrected chi connectivity index (χ0v) is 12.6. The number of carbonyl (C=O) groups excluding carboxylic acids is 1. The SMILES string of the molecule is CCNC(C(=O)Nc1ccc2[nH]ncc2c1)c1cccc(F)c1. The Kier molecular flexibility index (Phi) is 4.34. The second kappa shape index (κ2) is 6.58. The molecule has 3 rings (SSSR count). The quantitative estimate of drug-likeness (QED) is 0.678. The van der Waals surface area contributed by atoms with E-state index in [1.807, 2.05) is 19.1 Å². The van der Waals surface area contributed by atoms with Crippen molar-refractivity contribution in [2.75, 3.05) is 11.9 Å². The molecular weight excluding hydrogens is 295 g/mol. The molecule has 3 aromatic rings. The summed E-state index contributed by atoms with van der Waals surface area (Å²) in [6, 6.07) is 10.9. The Morgan fingerprint density at radius 2 is 2.17 bits per heavy atom. The van der Waals surface area contributed by atoms with Crippen LogP contribution >= 0.6 is 0 Å². The highest BCUT2D eigenvalue weighted by atomic mass is 19.1. The minimum absolute atomic E-state index is 0.236. The molecule has 0 aliphatic carbocycles. The number of nitrogens with one attached hydrogen (secondary N) is 3. The number of fused-ring (bicyclic) bond motifs is 1. The molecule has 1 atom stereocenters. The smallest absolute Gasteiger partial charge is 0.246 e. The number of likely N-dealkylation sites (N-methyl/N-ethyl adjacent to an activating group) is 1. The van der Waals surface area contributed by atoms with Crippen LogP contribution in [0, 0.1) is 5.82 Å². The summed E-state index contributed by atoms with van der Waals surface area (Å²) in [6.45, 7) is 2.49. The predicted octanol–water partition coefficient (Wildman–Crippen LogP) is 2.99. The van der Waals surface area contributed by atoms with E-state index in [1.54, 1.807) is 24.4 Å². The Morgan fingerprint density at radius 1 is 1.30 bits per heavy atom. The van der Waals surface area contributed by atoms with Crippen molar-refractivity contribution in [3.8, 4) is 0 Å². The minimum Gasteiger partial charge on any atom is -0.324 e. The Bertz CT molecular complexity index is 830. The molecule has 6 heteroatoms. The maximum absolute atomic E-state index is 13.4. The van der Waals surface area contributed by atoms with Crippen molar-refractivity contribution < 1.29 is 9.18 Å². The molecule has 1 aromatic heterocycles. The summed E-state index contributed by atoms with van der Waals surface area (Å²) >= 11 is 0. The molecule has 0 aliphatic heterocycles. The average molecular weight is 312 g/mol. The number of rotatable bonds is 5. The third-order valence-electron chi connectivity index (χ3n) is 3.56. The van der Waals surface area contributed by atoms with Gasteiger partial charge in [-0.2, -0.15) is 5.10 Å². The van der Waals surface area contributed by atoms with Crippen LogP contribution < -0.4 is 10.6 Å². The van der Waals surface area contributed by atoms with Crippen molar-refractivity contribution >= 4 is 22.5 Å². The summed E-state index contributed by atoms with van der Waals surface area (Å²) in [7, 11) is 0. The summed E-state index contributed by atoms with van der Waals surface area (Å²) < 4.78 is 13.4. The van der Waals surface area contributed by atoms with Crippen molar-refractivity contribution in [3.05, 3.63) is 60.0 Å². The van der Waals surface area contributed by atoms with E-state index >= 15 is 0 Å².